The van der Waals surface area contributed by atoms with Crippen molar-refractivity contribution in [3.05, 3.63) is 260 Å². The highest BCUT2D eigenvalue weighted by Gasteiger charge is 2.25. The molecule has 0 aliphatic heterocycles. The molecule has 0 saturated carbocycles. The molecule has 10 nitrogen and oxygen atoms in total. The summed E-state index contributed by atoms with van der Waals surface area (Å²) in [7, 11) is 0. The van der Waals surface area contributed by atoms with Crippen LogP contribution in [0.25, 0.3) is 83.3 Å². The van der Waals surface area contributed by atoms with Crippen molar-refractivity contribution in [3.63, 3.8) is 0 Å². The van der Waals surface area contributed by atoms with Gasteiger partial charge in [-0.3, -0.25) is 0 Å². The second kappa shape index (κ2) is 19.0. The molecule has 364 valence electrons. The molecule has 0 bridgehead atoms. The van der Waals surface area contributed by atoms with Gasteiger partial charge in [0.05, 0.1) is 0 Å². The third-order valence-corrected chi connectivity index (χ3v) is 14.0. The summed E-state index contributed by atoms with van der Waals surface area (Å²) in [6, 6.07) is 88.4. The summed E-state index contributed by atoms with van der Waals surface area (Å²) in [5.41, 5.74) is 23.3. The molecule has 4 N–H and O–H groups in total. The van der Waals surface area contributed by atoms with Gasteiger partial charge in [-0.1, -0.05) is 90.5 Å². The number of nitrogens with zero attached hydrogens (tertiary/aromatic N) is 6. The van der Waals surface area contributed by atoms with Crippen LogP contribution in [0.2, 0.25) is 0 Å². The van der Waals surface area contributed by atoms with Crippen molar-refractivity contribution in [2.75, 3.05) is 21.3 Å². The van der Waals surface area contributed by atoms with Crippen LogP contribution in [0.5, 0.6) is 0 Å². The van der Waals surface area contributed by atoms with E-state index in [1.54, 1.807) is 0 Å². The number of para-hydroxylation sites is 4. The van der Waals surface area contributed by atoms with Gasteiger partial charge in [-0.05, 0) is 104 Å². The van der Waals surface area contributed by atoms with E-state index in [2.05, 4.69) is 272 Å². The van der Waals surface area contributed by atoms with Gasteiger partial charge in [0, 0.05) is 118 Å². The topological polar surface area (TPSA) is 98.4 Å². The highest BCUT2D eigenvalue weighted by molar-refractivity contribution is 5.91. The lowest BCUT2D eigenvalue weighted by molar-refractivity contribution is -0.538. The van der Waals surface area contributed by atoms with Crippen molar-refractivity contribution < 1.29 is 13.7 Å². The third-order valence-electron chi connectivity index (χ3n) is 14.0. The lowest BCUT2D eigenvalue weighted by Crippen LogP contribution is -2.33. The van der Waals surface area contributed by atoms with Crippen molar-refractivity contribution in [2.24, 2.45) is 0 Å². The average Bonchev–Trinajstić information content (AvgIpc) is 3.49. The highest BCUT2D eigenvalue weighted by atomic mass is 15.0. The molecule has 0 atom stereocenters. The molecule has 0 unspecified atom stereocenters. The lowest BCUT2D eigenvalue weighted by atomic mass is 10.1. The maximum atomic E-state index is 5.25. The number of hydrogen-bond acceptors (Lipinski definition) is 7. The smallest absolute Gasteiger partial charge is 0.239 e. The van der Waals surface area contributed by atoms with Crippen LogP contribution in [0, 0.1) is 6.92 Å². The van der Waals surface area contributed by atoms with E-state index in [0.29, 0.717) is 0 Å². The minimum atomic E-state index is 0.876. The fourth-order valence-electron chi connectivity index (χ4n) is 10.4. The van der Waals surface area contributed by atoms with E-state index in [9.17, 15) is 0 Å². The van der Waals surface area contributed by atoms with Crippen molar-refractivity contribution in [2.45, 2.75) is 6.92 Å². The maximum absolute atomic E-state index is 5.25. The average molecular weight is 994 g/mol. The third kappa shape index (κ3) is 8.75. The molecule has 0 aliphatic rings. The monoisotopic (exact) mass is 993 g/mol. The predicted octanol–water partition coefficient (Wildman–Crippen LogP) is 14.9. The number of hydrogen-bond donors (Lipinski definition) is 4. The minimum absolute atomic E-state index is 0.876. The van der Waals surface area contributed by atoms with E-state index in [0.717, 1.165) is 129 Å². The first-order valence-electron chi connectivity index (χ1n) is 25.7. The number of aromatic nitrogens is 6. The van der Waals surface area contributed by atoms with Gasteiger partial charge in [-0.25, -0.2) is 15.0 Å². The van der Waals surface area contributed by atoms with Gasteiger partial charge in [0.2, 0.25) is 50.2 Å². The Hall–Kier alpha value is -10.6. The first kappa shape index (κ1) is 45.1. The Morgan fingerprint density at radius 1 is 0.234 bits per heavy atom. The molecule has 3 heterocycles. The molecule has 14 aromatic rings. The van der Waals surface area contributed by atoms with Crippen molar-refractivity contribution in [1.82, 2.24) is 15.0 Å². The van der Waals surface area contributed by atoms with Crippen LogP contribution in [0.4, 0.5) is 45.5 Å². The predicted molar refractivity (Wildman–Crippen MR) is 313 cm³/mol. The van der Waals surface area contributed by atoms with Crippen LogP contribution in [-0.2, 0) is 0 Å². The largest absolute Gasteiger partial charge is 0.355 e. The Bertz CT molecular complexity index is 4560. The number of aryl methyl sites for hydroxylation is 1. The molecule has 0 saturated heterocycles. The van der Waals surface area contributed by atoms with Gasteiger partial charge >= 0.3 is 0 Å². The molecule has 3 aromatic heterocycles. The van der Waals surface area contributed by atoms with E-state index < -0.39 is 0 Å². The Morgan fingerprint density at radius 3 is 0.727 bits per heavy atom. The molecule has 0 spiro atoms. The van der Waals surface area contributed by atoms with E-state index >= 15 is 0 Å². The molecular formula is C67H49N10+3. The molecule has 0 fully saturated rings. The van der Waals surface area contributed by atoms with Crippen molar-refractivity contribution in [1.29, 1.82) is 0 Å². The van der Waals surface area contributed by atoms with Crippen LogP contribution in [0.15, 0.2) is 255 Å². The fraction of sp³-hybridized carbons (Fsp3) is 0.0149. The highest BCUT2D eigenvalue weighted by Crippen LogP contribution is 2.31. The van der Waals surface area contributed by atoms with E-state index in [4.69, 9.17) is 15.0 Å². The van der Waals surface area contributed by atoms with Gasteiger partial charge in [-0.15, -0.1) is 13.7 Å². The van der Waals surface area contributed by atoms with Crippen LogP contribution >= 0.6 is 0 Å². The van der Waals surface area contributed by atoms with Gasteiger partial charge in [-0.2, -0.15) is 0 Å². The first-order valence-corrected chi connectivity index (χ1v) is 25.7. The molecule has 77 heavy (non-hydrogen) atoms. The fourth-order valence-corrected chi connectivity index (χ4v) is 10.4. The number of rotatable bonds is 11. The van der Waals surface area contributed by atoms with Crippen molar-refractivity contribution in [3.8, 4) is 17.1 Å². The normalized spacial score (nSPS) is 11.4. The standard InChI is InChI=1S/C67H46N10/c1-44-22-24-46(25-23-44)69-48-27-33-57-63(39-48)76(54-18-10-4-11-19-54)65-41-50(29-35-59(65)73-57)71-52-31-37-61-67(43-52)77(55-20-12-5-13-21-55)66-42-51(30-36-60(66)74-61)70-49-28-34-58-64(40-49)75(53-16-8-3-9-17-53)62-38-47(26-32-56(62)72-58)68-45-14-6-2-7-15-45/h2-43H,1H3,(H,68,69,70,71)/p+3. The second-order valence-electron chi connectivity index (χ2n) is 19.3. The first-order chi connectivity index (χ1) is 38.0. The summed E-state index contributed by atoms with van der Waals surface area (Å²) < 4.78 is 6.90. The molecule has 14 rings (SSSR count). The zero-order valence-electron chi connectivity index (χ0n) is 41.9. The number of benzene rings is 11. The molecule has 0 aliphatic carbocycles. The quantitative estimate of drug-likeness (QED) is 0.0757. The van der Waals surface area contributed by atoms with Crippen LogP contribution < -0.4 is 35.0 Å². The molecule has 0 radical (unpaired) electrons. The summed E-state index contributed by atoms with van der Waals surface area (Å²) in [6.45, 7) is 2.10. The van der Waals surface area contributed by atoms with Crippen LogP contribution in [-0.4, -0.2) is 15.0 Å². The molecule has 10 heteroatoms. The number of fused-ring (bicyclic) bond motifs is 6. The molecule has 11 aromatic carbocycles. The zero-order valence-corrected chi connectivity index (χ0v) is 41.9. The van der Waals surface area contributed by atoms with Gasteiger partial charge in [0.1, 0.15) is 33.1 Å². The van der Waals surface area contributed by atoms with E-state index in [-0.39, 0.29) is 0 Å². The molecular weight excluding hydrogens is 945 g/mol. The summed E-state index contributed by atoms with van der Waals surface area (Å²) in [5.74, 6) is 0. The second-order valence-corrected chi connectivity index (χ2v) is 19.3. The van der Waals surface area contributed by atoms with Crippen molar-refractivity contribution >= 4 is 112 Å². The number of nitrogens with one attached hydrogen (secondary N) is 4. The lowest BCUT2D eigenvalue weighted by Gasteiger charge is -2.12. The summed E-state index contributed by atoms with van der Waals surface area (Å²) in [5, 5.41) is 14.7. The maximum Gasteiger partial charge on any atom is 0.239 e. The Morgan fingerprint density at radius 2 is 0.455 bits per heavy atom. The van der Waals surface area contributed by atoms with E-state index in [1.807, 2.05) is 24.3 Å². The Labute approximate surface area is 443 Å². The van der Waals surface area contributed by atoms with Crippen LogP contribution in [0.1, 0.15) is 5.56 Å². The summed E-state index contributed by atoms with van der Waals surface area (Å²) in [6.07, 6.45) is 0. The van der Waals surface area contributed by atoms with Gasteiger partial charge < -0.3 is 21.3 Å². The SMILES string of the molecule is Cc1ccc(Nc2ccc3nc4ccc(Nc5ccc6nc7ccc(Nc8ccc9nc%10ccc(Nc%11ccccc%11)cc%10[n+](-c%10ccccc%10)c9c8)cc7[n+](-c7ccccc7)c6c5)cc4[n+](-c4ccccc4)c3c2)cc1. The van der Waals surface area contributed by atoms with E-state index in [1.165, 1.54) is 5.56 Å². The van der Waals surface area contributed by atoms with Gasteiger partial charge in [0.25, 0.3) is 0 Å². The Balaban J connectivity index is 0.845. The van der Waals surface area contributed by atoms with Gasteiger partial charge in [0.15, 0.2) is 0 Å². The zero-order chi connectivity index (χ0) is 51.2. The summed E-state index contributed by atoms with van der Waals surface area (Å²) in [4.78, 5) is 15.6. The summed E-state index contributed by atoms with van der Waals surface area (Å²) >= 11 is 0. The molecule has 0 amide bonds. The Kier molecular flexibility index (Phi) is 11.1. The van der Waals surface area contributed by atoms with Crippen LogP contribution in [0.3, 0.4) is 0 Å². The number of anilines is 8. The minimum Gasteiger partial charge on any atom is -0.355 e.